The third-order valence-corrected chi connectivity index (χ3v) is 9.11. The van der Waals surface area contributed by atoms with E-state index in [1.807, 2.05) is 18.2 Å². The molecule has 2 aliphatic heterocycles. The number of halogens is 4. The fourth-order valence-electron chi connectivity index (χ4n) is 5.62. The highest BCUT2D eigenvalue weighted by atomic mass is 35.5. The standard InChI is InChI=1S/C30H33Cl4N5O.H2/c1-20-18-38(25-8-10-37(11-9-25)19-21-2-5-24(31)6-3-21)12-13-39(20)29-28(34)15-23(17-35-29)30(40)36-16-22-4-7-26(32)27(33)14-22;/h2-7,14-15,17,20,25H,8-13,16,18-19H2,1H3,(H,36,40);1H/t20-;/m0./s1. The summed E-state index contributed by atoms with van der Waals surface area (Å²) in [5.41, 5.74) is 2.59. The van der Waals surface area contributed by atoms with Crippen LogP contribution < -0.4 is 10.2 Å². The summed E-state index contributed by atoms with van der Waals surface area (Å²) in [7, 11) is 0. The number of carbonyl (C=O) groups excluding carboxylic acids is 1. The van der Waals surface area contributed by atoms with Gasteiger partial charge in [0.05, 0.1) is 20.6 Å². The van der Waals surface area contributed by atoms with E-state index in [1.54, 1.807) is 24.4 Å². The molecule has 6 nitrogen and oxygen atoms in total. The molecule has 0 unspecified atom stereocenters. The number of hydrogen-bond donors (Lipinski definition) is 1. The third-order valence-electron chi connectivity index (χ3n) is 7.84. The zero-order valence-electron chi connectivity index (χ0n) is 22.4. The molecule has 214 valence electrons. The fraction of sp³-hybridized carbons (Fsp3) is 0.400. The Hall–Kier alpha value is -2.06. The molecule has 2 aliphatic rings. The Labute approximate surface area is 257 Å². The Balaban J connectivity index is 0.00000387. The second-order valence-electron chi connectivity index (χ2n) is 10.6. The normalized spacial score (nSPS) is 19.1. The molecule has 2 saturated heterocycles. The van der Waals surface area contributed by atoms with Crippen LogP contribution in [0.5, 0.6) is 0 Å². The number of aromatic nitrogens is 1. The van der Waals surface area contributed by atoms with Gasteiger partial charge in [0.1, 0.15) is 5.82 Å². The summed E-state index contributed by atoms with van der Waals surface area (Å²) < 4.78 is 0. The van der Waals surface area contributed by atoms with Gasteiger partial charge in [-0.1, -0.05) is 64.6 Å². The first-order valence-corrected chi connectivity index (χ1v) is 15.1. The zero-order chi connectivity index (χ0) is 28.2. The predicted molar refractivity (Wildman–Crippen MR) is 167 cm³/mol. The van der Waals surface area contributed by atoms with Gasteiger partial charge in [-0.25, -0.2) is 4.98 Å². The van der Waals surface area contributed by atoms with Gasteiger partial charge in [-0.05, 0) is 74.3 Å². The Morgan fingerprint density at radius 2 is 1.65 bits per heavy atom. The lowest BCUT2D eigenvalue weighted by atomic mass is 10.00. The maximum atomic E-state index is 12.7. The van der Waals surface area contributed by atoms with E-state index in [-0.39, 0.29) is 13.4 Å². The van der Waals surface area contributed by atoms with E-state index in [1.165, 1.54) is 18.4 Å². The number of nitrogens with zero attached hydrogens (tertiary/aromatic N) is 4. The monoisotopic (exact) mass is 621 g/mol. The second-order valence-corrected chi connectivity index (χ2v) is 12.3. The van der Waals surface area contributed by atoms with Crippen LogP contribution in [0.1, 0.15) is 42.7 Å². The van der Waals surface area contributed by atoms with Gasteiger partial charge >= 0.3 is 0 Å². The van der Waals surface area contributed by atoms with Crippen LogP contribution in [-0.2, 0) is 13.1 Å². The average Bonchev–Trinajstić information content (AvgIpc) is 2.95. The number of rotatable bonds is 7. The van der Waals surface area contributed by atoms with Crippen molar-refractivity contribution < 1.29 is 6.22 Å². The van der Waals surface area contributed by atoms with Gasteiger partial charge in [-0.15, -0.1) is 0 Å². The van der Waals surface area contributed by atoms with E-state index < -0.39 is 0 Å². The van der Waals surface area contributed by atoms with Crippen molar-refractivity contribution >= 4 is 58.1 Å². The average molecular weight is 623 g/mol. The van der Waals surface area contributed by atoms with Crippen LogP contribution in [0.3, 0.4) is 0 Å². The maximum absolute atomic E-state index is 12.7. The molecule has 0 bridgehead atoms. The number of piperidine rings is 1. The highest BCUT2D eigenvalue weighted by Gasteiger charge is 2.32. The minimum Gasteiger partial charge on any atom is -0.350 e. The summed E-state index contributed by atoms with van der Waals surface area (Å²) in [6, 6.07) is 16.0. The minimum atomic E-state index is -0.243. The molecule has 10 heteroatoms. The lowest BCUT2D eigenvalue weighted by molar-refractivity contribution is 0.0904. The van der Waals surface area contributed by atoms with E-state index in [0.717, 1.165) is 55.7 Å². The van der Waals surface area contributed by atoms with Crippen LogP contribution in [0, 0.1) is 0 Å². The van der Waals surface area contributed by atoms with Crippen molar-refractivity contribution in [3.63, 3.8) is 0 Å². The Morgan fingerprint density at radius 3 is 2.33 bits per heavy atom. The first-order valence-electron chi connectivity index (χ1n) is 13.6. The molecular formula is C30H35Cl4N5O. The molecule has 1 N–H and O–H groups in total. The molecule has 0 radical (unpaired) electrons. The molecule has 0 spiro atoms. The number of carbonyl (C=O) groups is 1. The van der Waals surface area contributed by atoms with Gasteiger partial charge in [0.25, 0.3) is 5.91 Å². The summed E-state index contributed by atoms with van der Waals surface area (Å²) in [5, 5.41) is 5.09. The van der Waals surface area contributed by atoms with E-state index >= 15 is 0 Å². The van der Waals surface area contributed by atoms with E-state index in [4.69, 9.17) is 46.4 Å². The van der Waals surface area contributed by atoms with Crippen LogP contribution in [-0.4, -0.2) is 65.5 Å². The topological polar surface area (TPSA) is 51.7 Å². The first-order chi connectivity index (χ1) is 19.3. The Bertz CT molecular complexity index is 1340. The summed E-state index contributed by atoms with van der Waals surface area (Å²) in [5.74, 6) is 0.486. The van der Waals surface area contributed by atoms with E-state index in [9.17, 15) is 4.79 Å². The lowest BCUT2D eigenvalue weighted by Gasteiger charge is -2.46. The Morgan fingerprint density at radius 1 is 0.925 bits per heavy atom. The largest absolute Gasteiger partial charge is 0.350 e. The van der Waals surface area contributed by atoms with Crippen molar-refractivity contribution in [2.75, 3.05) is 37.6 Å². The number of hydrogen-bond acceptors (Lipinski definition) is 5. The number of piperazine rings is 1. The molecule has 5 rings (SSSR count). The van der Waals surface area contributed by atoms with E-state index in [2.05, 4.69) is 44.1 Å². The SMILES string of the molecule is C[C@H]1CN(C2CCN(Cc3ccc(Cl)cc3)CC2)CCN1c1ncc(C(=O)NCc2ccc(Cl)c(Cl)c2)cc1Cl.[HH]. The molecule has 40 heavy (non-hydrogen) atoms. The highest BCUT2D eigenvalue weighted by molar-refractivity contribution is 6.42. The molecule has 3 aromatic rings. The number of anilines is 1. The number of pyridine rings is 1. The molecule has 2 fully saturated rings. The molecule has 0 saturated carbocycles. The minimum absolute atomic E-state index is 0. The molecule has 2 aromatic carbocycles. The van der Waals surface area contributed by atoms with Gasteiger partial charge < -0.3 is 10.2 Å². The Kier molecular flexibility index (Phi) is 9.77. The molecular weight excluding hydrogens is 588 g/mol. The summed E-state index contributed by atoms with van der Waals surface area (Å²) in [6.45, 7) is 8.50. The molecule has 1 aromatic heterocycles. The van der Waals surface area contributed by atoms with Crippen molar-refractivity contribution in [3.8, 4) is 0 Å². The van der Waals surface area contributed by atoms with Crippen molar-refractivity contribution in [1.29, 1.82) is 0 Å². The maximum Gasteiger partial charge on any atom is 0.253 e. The smallest absolute Gasteiger partial charge is 0.253 e. The highest BCUT2D eigenvalue weighted by Crippen LogP contribution is 2.29. The quantitative estimate of drug-likeness (QED) is 0.306. The van der Waals surface area contributed by atoms with Crippen LogP contribution >= 0.6 is 46.4 Å². The number of benzene rings is 2. The van der Waals surface area contributed by atoms with Crippen LogP contribution in [0.15, 0.2) is 54.7 Å². The molecule has 1 atom stereocenters. The first kappa shape index (κ1) is 29.4. The second kappa shape index (κ2) is 13.3. The van der Waals surface area contributed by atoms with Crippen LogP contribution in [0.2, 0.25) is 20.1 Å². The van der Waals surface area contributed by atoms with Gasteiger partial charge in [0.2, 0.25) is 0 Å². The lowest BCUT2D eigenvalue weighted by Crippen LogP contribution is -2.57. The number of nitrogens with one attached hydrogen (secondary N) is 1. The summed E-state index contributed by atoms with van der Waals surface area (Å²) in [4.78, 5) is 24.8. The van der Waals surface area contributed by atoms with Crippen molar-refractivity contribution in [3.05, 3.63) is 91.5 Å². The summed E-state index contributed by atoms with van der Waals surface area (Å²) >= 11 is 24.7. The number of amides is 1. The van der Waals surface area contributed by atoms with Gasteiger partial charge in [-0.3, -0.25) is 14.6 Å². The van der Waals surface area contributed by atoms with Crippen molar-refractivity contribution in [2.24, 2.45) is 0 Å². The molecule has 1 amide bonds. The van der Waals surface area contributed by atoms with Crippen LogP contribution in [0.25, 0.3) is 0 Å². The molecule has 0 aliphatic carbocycles. The van der Waals surface area contributed by atoms with Gasteiger partial charge in [0.15, 0.2) is 0 Å². The fourth-order valence-corrected chi connectivity index (χ4v) is 6.34. The van der Waals surface area contributed by atoms with E-state index in [0.29, 0.717) is 33.2 Å². The van der Waals surface area contributed by atoms with Crippen molar-refractivity contribution in [2.45, 2.75) is 44.9 Å². The van der Waals surface area contributed by atoms with Crippen molar-refractivity contribution in [1.82, 2.24) is 20.1 Å². The van der Waals surface area contributed by atoms with Gasteiger partial charge in [0, 0.05) is 57.5 Å². The number of likely N-dealkylation sites (tertiary alicyclic amines) is 1. The van der Waals surface area contributed by atoms with Gasteiger partial charge in [-0.2, -0.15) is 0 Å². The zero-order valence-corrected chi connectivity index (χ0v) is 25.4. The predicted octanol–water partition coefficient (Wildman–Crippen LogP) is 7.05. The summed E-state index contributed by atoms with van der Waals surface area (Å²) in [6.07, 6.45) is 3.94. The third kappa shape index (κ3) is 7.22. The molecule has 3 heterocycles. The van der Waals surface area contributed by atoms with Crippen LogP contribution in [0.4, 0.5) is 5.82 Å².